The summed E-state index contributed by atoms with van der Waals surface area (Å²) in [5.41, 5.74) is 3.21. The molecule has 52 heavy (non-hydrogen) atoms. The van der Waals surface area contributed by atoms with E-state index in [1.165, 1.54) is 18.2 Å². The third-order valence-corrected chi connectivity index (χ3v) is 9.97. The van der Waals surface area contributed by atoms with E-state index in [2.05, 4.69) is 20.7 Å². The number of anilines is 1. The lowest BCUT2D eigenvalue weighted by atomic mass is 9.84. The highest BCUT2D eigenvalue weighted by Crippen LogP contribution is 2.40. The molecule has 0 aliphatic carbocycles. The van der Waals surface area contributed by atoms with Crippen LogP contribution in [0.15, 0.2) is 109 Å². The normalized spacial score (nSPS) is 17.8. The van der Waals surface area contributed by atoms with E-state index in [4.69, 9.17) is 0 Å². The summed E-state index contributed by atoms with van der Waals surface area (Å²) in [5.74, 6) is -2.10. The van der Waals surface area contributed by atoms with Gasteiger partial charge in [-0.25, -0.2) is 17.9 Å². The second-order valence-electron chi connectivity index (χ2n) is 14.1. The number of carbonyl (C=O) groups excluding carboxylic acids is 4. The van der Waals surface area contributed by atoms with E-state index in [1.54, 1.807) is 41.3 Å². The Bertz CT molecular complexity index is 2010. The van der Waals surface area contributed by atoms with Crippen LogP contribution in [0, 0.1) is 6.92 Å². The minimum Gasteiger partial charge on any atom is -0.350 e. The van der Waals surface area contributed by atoms with Crippen molar-refractivity contribution in [2.24, 2.45) is 0 Å². The van der Waals surface area contributed by atoms with E-state index in [0.717, 1.165) is 16.7 Å². The Morgan fingerprint density at radius 2 is 1.48 bits per heavy atom. The van der Waals surface area contributed by atoms with Crippen LogP contribution in [0.5, 0.6) is 0 Å². The van der Waals surface area contributed by atoms with Crippen LogP contribution in [0.4, 0.5) is 10.5 Å². The van der Waals surface area contributed by atoms with Gasteiger partial charge in [0.2, 0.25) is 21.8 Å². The maximum Gasteiger partial charge on any atom is 0.319 e. The van der Waals surface area contributed by atoms with Crippen LogP contribution in [0.25, 0.3) is 0 Å². The van der Waals surface area contributed by atoms with Crippen molar-refractivity contribution in [1.82, 2.24) is 20.3 Å². The molecule has 1 saturated heterocycles. The SMILES string of the molecule is Cc1ccccc1C1CC(NC(=O)Nc2cccc(C(=O)NS(=O)(=O)Cc3ccccc3)c2)C(=O)N(CC(=O)NC(C)(C)C)C(c2ccccc2)C1. The molecule has 0 bridgehead atoms. The molecule has 5 rings (SSSR count). The van der Waals surface area contributed by atoms with Crippen molar-refractivity contribution in [3.8, 4) is 0 Å². The van der Waals surface area contributed by atoms with Gasteiger partial charge in [0.25, 0.3) is 5.91 Å². The van der Waals surface area contributed by atoms with Crippen molar-refractivity contribution in [2.75, 3.05) is 11.9 Å². The summed E-state index contributed by atoms with van der Waals surface area (Å²) < 4.78 is 27.4. The summed E-state index contributed by atoms with van der Waals surface area (Å²) in [6.07, 6.45) is 0.799. The molecule has 272 valence electrons. The fourth-order valence-corrected chi connectivity index (χ4v) is 7.64. The van der Waals surface area contributed by atoms with Gasteiger partial charge in [0.05, 0.1) is 11.8 Å². The standard InChI is InChI=1S/C40H45N5O6S/c1-27-14-11-12-21-33(27)31-23-34(38(48)45(25-36(46)43-40(2,3)4)35(24-31)29-17-9-6-10-18-29)42-39(49)41-32-20-13-19-30(22-32)37(47)44-52(50,51)26-28-15-7-5-8-16-28/h5-22,31,34-35H,23-26H2,1-4H3,(H,43,46)(H,44,47)(H2,41,42,49). The first-order valence-corrected chi connectivity index (χ1v) is 18.8. The van der Waals surface area contributed by atoms with Crippen LogP contribution < -0.4 is 20.7 Å². The van der Waals surface area contributed by atoms with Crippen LogP contribution in [0.3, 0.4) is 0 Å². The Morgan fingerprint density at radius 1 is 0.827 bits per heavy atom. The molecule has 3 unspecified atom stereocenters. The molecule has 1 aliphatic rings. The summed E-state index contributed by atoms with van der Waals surface area (Å²) in [6, 6.07) is 29.7. The van der Waals surface area contributed by atoms with E-state index in [0.29, 0.717) is 12.0 Å². The van der Waals surface area contributed by atoms with Gasteiger partial charge in [-0.05, 0) is 86.9 Å². The maximum atomic E-state index is 14.5. The first kappa shape index (κ1) is 37.8. The quantitative estimate of drug-likeness (QED) is 0.162. The number of amides is 5. The fraction of sp³-hybridized carbons (Fsp3) is 0.300. The summed E-state index contributed by atoms with van der Waals surface area (Å²) in [4.78, 5) is 55.9. The molecule has 11 nitrogen and oxygen atoms in total. The highest BCUT2D eigenvalue weighted by molar-refractivity contribution is 7.89. The Balaban J connectivity index is 1.38. The van der Waals surface area contributed by atoms with Gasteiger partial charge in [0.1, 0.15) is 12.6 Å². The minimum atomic E-state index is -4.00. The molecule has 1 heterocycles. The van der Waals surface area contributed by atoms with Crippen molar-refractivity contribution in [2.45, 2.75) is 69.8 Å². The average molecular weight is 724 g/mol. The summed E-state index contributed by atoms with van der Waals surface area (Å²) >= 11 is 0. The van der Waals surface area contributed by atoms with E-state index < -0.39 is 45.5 Å². The topological polar surface area (TPSA) is 154 Å². The number of sulfonamides is 1. The molecule has 0 saturated carbocycles. The predicted octanol–water partition coefficient (Wildman–Crippen LogP) is 5.81. The molecule has 0 spiro atoms. The molecular formula is C40H45N5O6S. The average Bonchev–Trinajstić information content (AvgIpc) is 3.20. The van der Waals surface area contributed by atoms with E-state index in [9.17, 15) is 27.6 Å². The molecule has 1 fully saturated rings. The van der Waals surface area contributed by atoms with E-state index in [1.807, 2.05) is 82.3 Å². The number of nitrogens with one attached hydrogen (secondary N) is 4. The molecule has 3 atom stereocenters. The zero-order valence-corrected chi connectivity index (χ0v) is 30.6. The smallest absolute Gasteiger partial charge is 0.319 e. The number of hydrogen-bond acceptors (Lipinski definition) is 6. The van der Waals surface area contributed by atoms with Crippen molar-refractivity contribution >= 4 is 39.5 Å². The van der Waals surface area contributed by atoms with Gasteiger partial charge in [-0.2, -0.15) is 0 Å². The Hall–Kier alpha value is -5.49. The van der Waals surface area contributed by atoms with Crippen molar-refractivity contribution in [3.05, 3.63) is 137 Å². The maximum absolute atomic E-state index is 14.5. The molecule has 4 N–H and O–H groups in total. The molecule has 5 amide bonds. The second kappa shape index (κ2) is 16.2. The van der Waals surface area contributed by atoms with Crippen molar-refractivity contribution in [1.29, 1.82) is 0 Å². The Morgan fingerprint density at radius 3 is 2.15 bits per heavy atom. The van der Waals surface area contributed by atoms with E-state index in [-0.39, 0.29) is 41.8 Å². The fourth-order valence-electron chi connectivity index (χ4n) is 6.54. The molecule has 4 aromatic carbocycles. The zero-order valence-electron chi connectivity index (χ0n) is 29.8. The third kappa shape index (κ3) is 10.3. The number of nitrogens with zero attached hydrogens (tertiary/aromatic N) is 1. The van der Waals surface area contributed by atoms with Gasteiger partial charge in [-0.15, -0.1) is 0 Å². The number of rotatable bonds is 10. The molecular weight excluding hydrogens is 679 g/mol. The van der Waals surface area contributed by atoms with Gasteiger partial charge in [-0.1, -0.05) is 91.0 Å². The summed E-state index contributed by atoms with van der Waals surface area (Å²) in [6.45, 7) is 7.42. The van der Waals surface area contributed by atoms with Crippen LogP contribution in [0.2, 0.25) is 0 Å². The minimum absolute atomic E-state index is 0.0151. The largest absolute Gasteiger partial charge is 0.350 e. The first-order chi connectivity index (χ1) is 24.7. The molecule has 1 aliphatic heterocycles. The van der Waals surface area contributed by atoms with Crippen molar-refractivity contribution in [3.63, 3.8) is 0 Å². The van der Waals surface area contributed by atoms with E-state index >= 15 is 0 Å². The second-order valence-corrected chi connectivity index (χ2v) is 15.8. The summed E-state index contributed by atoms with van der Waals surface area (Å²) in [5, 5.41) is 8.50. The lowest BCUT2D eigenvalue weighted by Gasteiger charge is -2.33. The van der Waals surface area contributed by atoms with Crippen LogP contribution in [-0.2, 0) is 25.4 Å². The number of urea groups is 1. The number of carbonyl (C=O) groups is 4. The number of likely N-dealkylation sites (tertiary alicyclic amines) is 1. The molecule has 0 radical (unpaired) electrons. The lowest BCUT2D eigenvalue weighted by molar-refractivity contribution is -0.139. The Labute approximate surface area is 305 Å². The molecule has 12 heteroatoms. The molecule has 0 aromatic heterocycles. The number of aryl methyl sites for hydroxylation is 1. The van der Waals surface area contributed by atoms with Crippen LogP contribution >= 0.6 is 0 Å². The molecule has 4 aromatic rings. The first-order valence-electron chi connectivity index (χ1n) is 17.2. The lowest BCUT2D eigenvalue weighted by Crippen LogP contribution is -2.53. The number of benzene rings is 4. The summed E-state index contributed by atoms with van der Waals surface area (Å²) in [7, 11) is -4.00. The predicted molar refractivity (Wildman–Crippen MR) is 201 cm³/mol. The third-order valence-electron chi connectivity index (χ3n) is 8.76. The van der Waals surface area contributed by atoms with Gasteiger partial charge in [0, 0.05) is 16.8 Å². The van der Waals surface area contributed by atoms with Gasteiger partial charge < -0.3 is 20.9 Å². The van der Waals surface area contributed by atoms with Crippen LogP contribution in [-0.4, -0.2) is 55.2 Å². The van der Waals surface area contributed by atoms with Gasteiger partial charge in [0.15, 0.2) is 0 Å². The van der Waals surface area contributed by atoms with Crippen LogP contribution in [0.1, 0.15) is 78.2 Å². The van der Waals surface area contributed by atoms with Crippen molar-refractivity contribution < 1.29 is 27.6 Å². The van der Waals surface area contributed by atoms with Gasteiger partial charge in [-0.3, -0.25) is 14.4 Å². The number of hydrogen-bond donors (Lipinski definition) is 4. The Kier molecular flexibility index (Phi) is 11.8. The zero-order chi connectivity index (χ0) is 37.5. The monoisotopic (exact) mass is 723 g/mol. The highest BCUT2D eigenvalue weighted by Gasteiger charge is 2.40. The van der Waals surface area contributed by atoms with Gasteiger partial charge >= 0.3 is 6.03 Å². The highest BCUT2D eigenvalue weighted by atomic mass is 32.2.